The molecule has 0 heterocycles. The molecule has 0 aromatic heterocycles. The smallest absolute Gasteiger partial charge is 0.124 e. The topological polar surface area (TPSA) is 18.5 Å². The third-order valence-electron chi connectivity index (χ3n) is 3.39. The highest BCUT2D eigenvalue weighted by atomic mass is 16.5. The number of para-hydroxylation sites is 1. The molecule has 0 spiro atoms. The van der Waals surface area contributed by atoms with Crippen LogP contribution in [-0.2, 0) is 11.3 Å². The molecule has 0 aliphatic rings. The minimum absolute atomic E-state index is 0.582. The number of unbranched alkanes of at least 4 members (excludes halogenated alkanes) is 4. The summed E-state index contributed by atoms with van der Waals surface area (Å²) in [6, 6.07) is 7.97. The highest BCUT2D eigenvalue weighted by Gasteiger charge is 2.02. The summed E-state index contributed by atoms with van der Waals surface area (Å²) in [5.74, 6) is 0.887. The van der Waals surface area contributed by atoms with Gasteiger partial charge in [-0.15, -0.1) is 0 Å². The third-order valence-corrected chi connectivity index (χ3v) is 3.39. The van der Waals surface area contributed by atoms with Gasteiger partial charge < -0.3 is 9.47 Å². The average molecular weight is 276 g/mol. The lowest BCUT2D eigenvalue weighted by Gasteiger charge is -2.10. The van der Waals surface area contributed by atoms with E-state index in [1.807, 2.05) is 24.3 Å². The molecule has 112 valence electrons. The van der Waals surface area contributed by atoms with Crippen LogP contribution < -0.4 is 4.74 Å². The van der Waals surface area contributed by atoms with E-state index in [9.17, 15) is 0 Å². The van der Waals surface area contributed by atoms with Gasteiger partial charge in [0.05, 0.1) is 20.3 Å². The summed E-state index contributed by atoms with van der Waals surface area (Å²) in [5.41, 5.74) is 2.28. The van der Waals surface area contributed by atoms with Crippen LogP contribution in [0.4, 0.5) is 0 Å². The van der Waals surface area contributed by atoms with Crippen LogP contribution in [0.2, 0.25) is 0 Å². The van der Waals surface area contributed by atoms with Crippen molar-refractivity contribution in [1.82, 2.24) is 0 Å². The lowest BCUT2D eigenvalue weighted by molar-refractivity contribution is 0.138. The van der Waals surface area contributed by atoms with E-state index in [0.29, 0.717) is 13.2 Å². The van der Waals surface area contributed by atoms with E-state index >= 15 is 0 Å². The highest BCUT2D eigenvalue weighted by Crippen LogP contribution is 2.18. The summed E-state index contributed by atoms with van der Waals surface area (Å²) < 4.78 is 11.0. The number of methoxy groups -OCH3 is 1. The predicted octanol–water partition coefficient (Wildman–Crippen LogP) is 5.13. The van der Waals surface area contributed by atoms with E-state index in [1.165, 1.54) is 37.7 Å². The molecule has 2 heteroatoms. The first-order valence-electron chi connectivity index (χ1n) is 7.64. The van der Waals surface area contributed by atoms with E-state index in [4.69, 9.17) is 9.47 Å². The Kier molecular flexibility index (Phi) is 8.81. The summed E-state index contributed by atoms with van der Waals surface area (Å²) in [6.45, 7) is 7.56. The van der Waals surface area contributed by atoms with E-state index in [0.717, 1.165) is 17.7 Å². The van der Waals surface area contributed by atoms with Crippen molar-refractivity contribution in [3.8, 4) is 5.75 Å². The Morgan fingerprint density at radius 1 is 1.10 bits per heavy atom. The zero-order valence-electron chi connectivity index (χ0n) is 13.0. The molecule has 0 atom stereocenters. The van der Waals surface area contributed by atoms with Gasteiger partial charge in [0.1, 0.15) is 5.75 Å². The van der Waals surface area contributed by atoms with Crippen molar-refractivity contribution in [2.24, 2.45) is 0 Å². The molecular weight excluding hydrogens is 248 g/mol. The summed E-state index contributed by atoms with van der Waals surface area (Å²) in [4.78, 5) is 0. The van der Waals surface area contributed by atoms with Gasteiger partial charge in [-0.2, -0.15) is 0 Å². The molecule has 1 rings (SSSR count). The van der Waals surface area contributed by atoms with Gasteiger partial charge in [-0.05, 0) is 18.9 Å². The number of rotatable bonds is 11. The standard InChI is InChI=1S/C18H28O2/c1-4-5-6-7-8-11-16(2)14-20-15-17-12-9-10-13-18(17)19-3/h9-10,12-13H,2,4-8,11,14-15H2,1,3H3. The van der Waals surface area contributed by atoms with Gasteiger partial charge in [-0.1, -0.05) is 63.0 Å². The maximum Gasteiger partial charge on any atom is 0.124 e. The van der Waals surface area contributed by atoms with Crippen LogP contribution in [0.25, 0.3) is 0 Å². The lowest BCUT2D eigenvalue weighted by atomic mass is 10.1. The normalized spacial score (nSPS) is 10.5. The molecule has 0 unspecified atom stereocenters. The summed E-state index contributed by atoms with van der Waals surface area (Å²) >= 11 is 0. The Labute approximate surface area is 123 Å². The molecule has 0 bridgehead atoms. The van der Waals surface area contributed by atoms with Gasteiger partial charge in [-0.3, -0.25) is 0 Å². The molecular formula is C18H28O2. The van der Waals surface area contributed by atoms with Gasteiger partial charge in [-0.25, -0.2) is 0 Å². The second kappa shape index (κ2) is 10.5. The minimum atomic E-state index is 0.582. The van der Waals surface area contributed by atoms with Gasteiger partial charge in [0.2, 0.25) is 0 Å². The number of hydrogen-bond donors (Lipinski definition) is 0. The van der Waals surface area contributed by atoms with Gasteiger partial charge in [0, 0.05) is 5.56 Å². The van der Waals surface area contributed by atoms with Gasteiger partial charge in [0.15, 0.2) is 0 Å². The minimum Gasteiger partial charge on any atom is -0.496 e. The van der Waals surface area contributed by atoms with Crippen molar-refractivity contribution in [3.05, 3.63) is 42.0 Å². The molecule has 1 aromatic rings. The fourth-order valence-corrected chi connectivity index (χ4v) is 2.18. The summed E-state index contributed by atoms with van der Waals surface area (Å²) in [6.07, 6.45) is 7.59. The molecule has 0 saturated heterocycles. The fourth-order valence-electron chi connectivity index (χ4n) is 2.18. The van der Waals surface area contributed by atoms with Gasteiger partial charge in [0.25, 0.3) is 0 Å². The SMILES string of the molecule is C=C(CCCCCCC)COCc1ccccc1OC. The largest absolute Gasteiger partial charge is 0.496 e. The molecule has 20 heavy (non-hydrogen) atoms. The number of hydrogen-bond acceptors (Lipinski definition) is 2. The maximum atomic E-state index is 5.72. The number of ether oxygens (including phenoxy) is 2. The van der Waals surface area contributed by atoms with Crippen molar-refractivity contribution in [3.63, 3.8) is 0 Å². The van der Waals surface area contributed by atoms with E-state index < -0.39 is 0 Å². The van der Waals surface area contributed by atoms with E-state index in [-0.39, 0.29) is 0 Å². The van der Waals surface area contributed by atoms with Crippen molar-refractivity contribution < 1.29 is 9.47 Å². The van der Waals surface area contributed by atoms with Crippen molar-refractivity contribution in [1.29, 1.82) is 0 Å². The third kappa shape index (κ3) is 6.76. The molecule has 0 amide bonds. The first-order chi connectivity index (χ1) is 9.77. The molecule has 0 aliphatic carbocycles. The Morgan fingerprint density at radius 3 is 2.60 bits per heavy atom. The van der Waals surface area contributed by atoms with E-state index in [1.54, 1.807) is 7.11 Å². The van der Waals surface area contributed by atoms with Crippen LogP contribution in [0.1, 0.15) is 51.0 Å². The first kappa shape index (κ1) is 16.8. The van der Waals surface area contributed by atoms with Crippen LogP contribution in [-0.4, -0.2) is 13.7 Å². The van der Waals surface area contributed by atoms with Gasteiger partial charge >= 0.3 is 0 Å². The molecule has 0 saturated carbocycles. The Hall–Kier alpha value is -1.28. The second-order valence-electron chi connectivity index (χ2n) is 5.22. The van der Waals surface area contributed by atoms with Crippen molar-refractivity contribution in [2.45, 2.75) is 52.1 Å². The molecule has 1 aromatic carbocycles. The Bertz CT molecular complexity index is 385. The lowest BCUT2D eigenvalue weighted by Crippen LogP contribution is -2.00. The number of benzene rings is 1. The summed E-state index contributed by atoms with van der Waals surface area (Å²) in [7, 11) is 1.69. The second-order valence-corrected chi connectivity index (χ2v) is 5.22. The zero-order valence-corrected chi connectivity index (χ0v) is 13.0. The average Bonchev–Trinajstić information content (AvgIpc) is 2.47. The maximum absolute atomic E-state index is 5.72. The van der Waals surface area contributed by atoms with Crippen LogP contribution in [0.3, 0.4) is 0 Å². The Morgan fingerprint density at radius 2 is 1.85 bits per heavy atom. The molecule has 0 fully saturated rings. The summed E-state index contributed by atoms with van der Waals surface area (Å²) in [5, 5.41) is 0. The van der Waals surface area contributed by atoms with E-state index in [2.05, 4.69) is 13.5 Å². The van der Waals surface area contributed by atoms with Crippen LogP contribution in [0, 0.1) is 0 Å². The van der Waals surface area contributed by atoms with Crippen LogP contribution in [0.15, 0.2) is 36.4 Å². The first-order valence-corrected chi connectivity index (χ1v) is 7.64. The van der Waals surface area contributed by atoms with Crippen LogP contribution >= 0.6 is 0 Å². The van der Waals surface area contributed by atoms with Crippen molar-refractivity contribution >= 4 is 0 Å². The molecule has 2 nitrogen and oxygen atoms in total. The van der Waals surface area contributed by atoms with Crippen molar-refractivity contribution in [2.75, 3.05) is 13.7 Å². The van der Waals surface area contributed by atoms with Crippen LogP contribution in [0.5, 0.6) is 5.75 Å². The molecule has 0 radical (unpaired) electrons. The highest BCUT2D eigenvalue weighted by molar-refractivity contribution is 5.32. The zero-order chi connectivity index (χ0) is 14.6. The Balaban J connectivity index is 2.15. The molecule has 0 N–H and O–H groups in total. The molecule has 0 aliphatic heterocycles. The fraction of sp³-hybridized carbons (Fsp3) is 0.556. The predicted molar refractivity (Wildman–Crippen MR) is 85.2 cm³/mol. The quantitative estimate of drug-likeness (QED) is 0.412. The monoisotopic (exact) mass is 276 g/mol.